The molecule has 0 bridgehead atoms. The molecule has 50 valence electrons. The smallest absolute Gasteiger partial charge is 0.124 e. The Bertz CT molecular complexity index is 355. The lowest BCUT2D eigenvalue weighted by molar-refractivity contribution is 0.630. The van der Waals surface area contributed by atoms with Crippen LogP contribution < -0.4 is 0 Å². The maximum absolute atomic E-state index is 12.5. The molecule has 0 aliphatic heterocycles. The summed E-state index contributed by atoms with van der Waals surface area (Å²) in [7, 11) is 0. The second-order valence-electron chi connectivity index (χ2n) is 2.01. The monoisotopic (exact) mass is 153 g/mol. The van der Waals surface area contributed by atoms with E-state index in [-0.39, 0.29) is 5.82 Å². The number of hydrogen-bond donors (Lipinski definition) is 0. The lowest BCUT2D eigenvalue weighted by Crippen LogP contribution is -1.68. The minimum Gasteiger partial charge on any atom is -0.207 e. The first kappa shape index (κ1) is 5.80. The van der Waals surface area contributed by atoms with E-state index in [0.717, 1.165) is 10.1 Å². The van der Waals surface area contributed by atoms with Crippen LogP contribution in [0.25, 0.3) is 10.1 Å². The molecule has 0 spiro atoms. The van der Waals surface area contributed by atoms with Crippen molar-refractivity contribution in [1.29, 1.82) is 0 Å². The zero-order chi connectivity index (χ0) is 6.97. The highest BCUT2D eigenvalue weighted by Crippen LogP contribution is 2.17. The molecule has 0 atom stereocenters. The molecule has 10 heavy (non-hydrogen) atoms. The van der Waals surface area contributed by atoms with Crippen molar-refractivity contribution in [3.05, 3.63) is 30.2 Å². The van der Waals surface area contributed by atoms with Crippen LogP contribution in [0.15, 0.2) is 24.4 Å². The predicted octanol–water partition coefficient (Wildman–Crippen LogP) is 2.44. The topological polar surface area (TPSA) is 12.9 Å². The maximum atomic E-state index is 12.5. The van der Waals surface area contributed by atoms with Crippen molar-refractivity contribution in [2.45, 2.75) is 0 Å². The standard InChI is InChI=1S/C7H4FNS/c8-6-2-1-5-4-9-10-7(5)3-6/h1-4H. The van der Waals surface area contributed by atoms with E-state index in [9.17, 15) is 4.39 Å². The largest absolute Gasteiger partial charge is 0.207 e. The zero-order valence-electron chi connectivity index (χ0n) is 5.04. The van der Waals surface area contributed by atoms with Gasteiger partial charge in [-0.3, -0.25) is 0 Å². The Labute approximate surface area is 61.3 Å². The minimum atomic E-state index is -0.197. The number of halogens is 1. The molecule has 0 aliphatic carbocycles. The van der Waals surface area contributed by atoms with Crippen LogP contribution in [0.3, 0.4) is 0 Å². The van der Waals surface area contributed by atoms with Gasteiger partial charge in [-0.05, 0) is 29.7 Å². The summed E-state index contributed by atoms with van der Waals surface area (Å²) in [5.74, 6) is -0.197. The second kappa shape index (κ2) is 2.02. The molecule has 0 unspecified atom stereocenters. The molecule has 1 nitrogen and oxygen atoms in total. The van der Waals surface area contributed by atoms with Crippen molar-refractivity contribution >= 4 is 21.6 Å². The van der Waals surface area contributed by atoms with E-state index in [0.29, 0.717) is 0 Å². The summed E-state index contributed by atoms with van der Waals surface area (Å²) in [6.45, 7) is 0. The molecular formula is C7H4FNS. The molecular weight excluding hydrogens is 149 g/mol. The van der Waals surface area contributed by atoms with Gasteiger partial charge >= 0.3 is 0 Å². The second-order valence-corrected chi connectivity index (χ2v) is 2.84. The third-order valence-corrected chi connectivity index (χ3v) is 2.08. The molecule has 0 amide bonds. The molecule has 1 heterocycles. The predicted molar refractivity (Wildman–Crippen MR) is 39.6 cm³/mol. The number of fused-ring (bicyclic) bond motifs is 1. The van der Waals surface area contributed by atoms with Gasteiger partial charge in [0.15, 0.2) is 0 Å². The van der Waals surface area contributed by atoms with Gasteiger partial charge in [0.05, 0.1) is 4.70 Å². The van der Waals surface area contributed by atoms with Crippen molar-refractivity contribution in [2.75, 3.05) is 0 Å². The van der Waals surface area contributed by atoms with E-state index in [2.05, 4.69) is 4.37 Å². The van der Waals surface area contributed by atoms with Crippen LogP contribution in [0.5, 0.6) is 0 Å². The van der Waals surface area contributed by atoms with Gasteiger partial charge in [-0.25, -0.2) is 4.39 Å². The van der Waals surface area contributed by atoms with Crippen LogP contribution in [-0.2, 0) is 0 Å². The van der Waals surface area contributed by atoms with Crippen LogP contribution in [-0.4, -0.2) is 4.37 Å². The summed E-state index contributed by atoms with van der Waals surface area (Å²) >= 11 is 1.31. The normalized spacial score (nSPS) is 10.5. The lowest BCUT2D eigenvalue weighted by Gasteiger charge is -1.85. The quantitative estimate of drug-likeness (QED) is 0.566. The first-order valence-electron chi connectivity index (χ1n) is 2.86. The molecule has 2 aromatic rings. The third-order valence-electron chi connectivity index (χ3n) is 1.32. The first-order chi connectivity index (χ1) is 4.86. The first-order valence-corrected chi connectivity index (χ1v) is 3.63. The molecule has 0 saturated heterocycles. The van der Waals surface area contributed by atoms with Gasteiger partial charge in [-0.2, -0.15) is 4.37 Å². The molecule has 1 aromatic heterocycles. The lowest BCUT2D eigenvalue weighted by atomic mass is 10.3. The SMILES string of the molecule is Fc1ccc2cnsc2c1. The highest BCUT2D eigenvalue weighted by Gasteiger charge is 1.95. The average molecular weight is 153 g/mol. The van der Waals surface area contributed by atoms with Gasteiger partial charge < -0.3 is 0 Å². The van der Waals surface area contributed by atoms with Crippen LogP contribution in [0.4, 0.5) is 4.39 Å². The molecule has 0 fully saturated rings. The van der Waals surface area contributed by atoms with Gasteiger partial charge in [0.1, 0.15) is 5.82 Å². The molecule has 0 saturated carbocycles. The molecule has 1 aromatic carbocycles. The van der Waals surface area contributed by atoms with Gasteiger partial charge in [-0.15, -0.1) is 0 Å². The Hall–Kier alpha value is -0.960. The third kappa shape index (κ3) is 0.789. The van der Waals surface area contributed by atoms with Crippen LogP contribution >= 0.6 is 11.5 Å². The van der Waals surface area contributed by atoms with E-state index >= 15 is 0 Å². The highest BCUT2D eigenvalue weighted by molar-refractivity contribution is 7.13. The summed E-state index contributed by atoms with van der Waals surface area (Å²) in [4.78, 5) is 0. The molecule has 0 radical (unpaired) electrons. The maximum Gasteiger partial charge on any atom is 0.124 e. The van der Waals surface area contributed by atoms with Gasteiger partial charge in [0.2, 0.25) is 0 Å². The van der Waals surface area contributed by atoms with Gasteiger partial charge in [-0.1, -0.05) is 0 Å². The summed E-state index contributed by atoms with van der Waals surface area (Å²) in [6.07, 6.45) is 1.74. The Morgan fingerprint density at radius 1 is 1.40 bits per heavy atom. The minimum absolute atomic E-state index is 0.197. The number of rotatable bonds is 0. The van der Waals surface area contributed by atoms with Gasteiger partial charge in [0, 0.05) is 11.6 Å². The summed E-state index contributed by atoms with van der Waals surface area (Å²) in [6, 6.07) is 4.66. The van der Waals surface area contributed by atoms with E-state index < -0.39 is 0 Å². The van der Waals surface area contributed by atoms with E-state index in [1.807, 2.05) is 0 Å². The van der Waals surface area contributed by atoms with Crippen molar-refractivity contribution in [2.24, 2.45) is 0 Å². The van der Waals surface area contributed by atoms with E-state index in [1.165, 1.54) is 23.7 Å². The van der Waals surface area contributed by atoms with Gasteiger partial charge in [0.25, 0.3) is 0 Å². The Morgan fingerprint density at radius 2 is 2.30 bits per heavy atom. The highest BCUT2D eigenvalue weighted by atomic mass is 32.1. The van der Waals surface area contributed by atoms with Crippen molar-refractivity contribution in [3.63, 3.8) is 0 Å². The summed E-state index contributed by atoms with van der Waals surface area (Å²) < 4.78 is 17.3. The Morgan fingerprint density at radius 3 is 3.20 bits per heavy atom. The Balaban J connectivity index is 2.86. The fourth-order valence-corrected chi connectivity index (χ4v) is 1.51. The van der Waals surface area contributed by atoms with Crippen LogP contribution in [0.2, 0.25) is 0 Å². The van der Waals surface area contributed by atoms with E-state index in [4.69, 9.17) is 0 Å². The van der Waals surface area contributed by atoms with Crippen LogP contribution in [0.1, 0.15) is 0 Å². The van der Waals surface area contributed by atoms with Crippen molar-refractivity contribution in [3.8, 4) is 0 Å². The zero-order valence-corrected chi connectivity index (χ0v) is 5.86. The number of aromatic nitrogens is 1. The number of hydrogen-bond acceptors (Lipinski definition) is 2. The molecule has 2 rings (SSSR count). The van der Waals surface area contributed by atoms with E-state index in [1.54, 1.807) is 12.3 Å². The average Bonchev–Trinajstić information content (AvgIpc) is 2.33. The molecule has 0 aliphatic rings. The number of nitrogens with zero attached hydrogens (tertiary/aromatic N) is 1. The Kier molecular flexibility index (Phi) is 1.17. The summed E-state index contributed by atoms with van der Waals surface area (Å²) in [5, 5.41) is 1.01. The van der Waals surface area contributed by atoms with Crippen molar-refractivity contribution < 1.29 is 4.39 Å². The molecule has 3 heteroatoms. The van der Waals surface area contributed by atoms with Crippen LogP contribution in [0, 0.1) is 5.82 Å². The molecule has 0 N–H and O–H groups in total. The number of benzene rings is 1. The summed E-state index contributed by atoms with van der Waals surface area (Å²) in [5.41, 5.74) is 0. The fraction of sp³-hybridized carbons (Fsp3) is 0. The fourth-order valence-electron chi connectivity index (χ4n) is 0.834. The van der Waals surface area contributed by atoms with Crippen molar-refractivity contribution in [1.82, 2.24) is 4.37 Å².